The Morgan fingerprint density at radius 2 is 1.24 bits per heavy atom. The Bertz CT molecular complexity index is 1180. The number of carboxylic acids is 1. The Kier molecular flexibility index (Phi) is 7.28. The number of hydrogen-bond donors (Lipinski definition) is 1. The average molecular weight is 498 g/mol. The molecule has 0 atom stereocenters. The topological polar surface area (TPSA) is 64.1 Å². The molecule has 37 heavy (non-hydrogen) atoms. The van der Waals surface area contributed by atoms with E-state index in [4.69, 9.17) is 0 Å². The van der Waals surface area contributed by atoms with Crippen LogP contribution in [0.25, 0.3) is 0 Å². The van der Waals surface area contributed by atoms with E-state index in [9.17, 15) is 14.7 Å². The van der Waals surface area contributed by atoms with E-state index in [1.807, 2.05) is 4.90 Å². The lowest BCUT2D eigenvalue weighted by molar-refractivity contribution is 0.0176. The van der Waals surface area contributed by atoms with E-state index in [0.29, 0.717) is 19.1 Å². The molecule has 6 heteroatoms. The number of carbonyl (C=O) groups is 2. The van der Waals surface area contributed by atoms with Crippen molar-refractivity contribution in [3.05, 3.63) is 96.1 Å². The van der Waals surface area contributed by atoms with Gasteiger partial charge in [-0.25, -0.2) is 4.79 Å². The van der Waals surface area contributed by atoms with Crippen molar-refractivity contribution in [2.24, 2.45) is 0 Å². The second kappa shape index (κ2) is 10.8. The first kappa shape index (κ1) is 25.0. The molecule has 5 rings (SSSR count). The van der Waals surface area contributed by atoms with Crippen LogP contribution in [-0.2, 0) is 0 Å². The molecule has 2 aliphatic heterocycles. The number of amides is 1. The van der Waals surface area contributed by atoms with Crippen LogP contribution in [0, 0.1) is 0 Å². The Balaban J connectivity index is 1.23. The summed E-state index contributed by atoms with van der Waals surface area (Å²) >= 11 is 0. The zero-order valence-corrected chi connectivity index (χ0v) is 21.4. The molecular weight excluding hydrogens is 462 g/mol. The normalized spacial score (nSPS) is 18.4. The zero-order chi connectivity index (χ0) is 25.8. The highest BCUT2D eigenvalue weighted by Gasteiger charge is 2.39. The first-order valence-corrected chi connectivity index (χ1v) is 13.2. The number of rotatable bonds is 6. The van der Waals surface area contributed by atoms with Crippen molar-refractivity contribution in [1.29, 1.82) is 0 Å². The highest BCUT2D eigenvalue weighted by molar-refractivity contribution is 6.04. The molecule has 0 radical (unpaired) electrons. The van der Waals surface area contributed by atoms with Gasteiger partial charge in [-0.2, -0.15) is 0 Å². The lowest BCUT2D eigenvalue weighted by Gasteiger charge is -2.50. The van der Waals surface area contributed by atoms with Crippen LogP contribution in [0.5, 0.6) is 0 Å². The molecule has 0 aliphatic carbocycles. The van der Waals surface area contributed by atoms with Crippen molar-refractivity contribution in [2.75, 3.05) is 31.1 Å². The molecule has 3 aromatic carbocycles. The van der Waals surface area contributed by atoms with Crippen molar-refractivity contribution >= 4 is 23.3 Å². The number of nitrogens with zero attached hydrogens (tertiary/aromatic N) is 3. The van der Waals surface area contributed by atoms with Crippen molar-refractivity contribution in [2.45, 2.75) is 44.2 Å². The van der Waals surface area contributed by atoms with E-state index in [0.717, 1.165) is 38.8 Å². The van der Waals surface area contributed by atoms with Gasteiger partial charge in [-0.05, 0) is 69.0 Å². The van der Waals surface area contributed by atoms with Crippen molar-refractivity contribution < 1.29 is 14.7 Å². The summed E-state index contributed by atoms with van der Waals surface area (Å²) in [7, 11) is 0. The van der Waals surface area contributed by atoms with Gasteiger partial charge in [-0.1, -0.05) is 48.5 Å². The molecule has 3 aromatic rings. The van der Waals surface area contributed by atoms with Gasteiger partial charge in [-0.15, -0.1) is 0 Å². The number of hydrogen-bond acceptors (Lipinski definition) is 4. The highest BCUT2D eigenvalue weighted by atomic mass is 16.4. The zero-order valence-electron chi connectivity index (χ0n) is 21.4. The van der Waals surface area contributed by atoms with Crippen molar-refractivity contribution in [1.82, 2.24) is 9.80 Å². The second-order valence-corrected chi connectivity index (χ2v) is 10.4. The summed E-state index contributed by atoms with van der Waals surface area (Å²) < 4.78 is 0. The van der Waals surface area contributed by atoms with Gasteiger partial charge in [0, 0.05) is 49.1 Å². The summed E-state index contributed by atoms with van der Waals surface area (Å²) in [5.41, 5.74) is 2.85. The van der Waals surface area contributed by atoms with E-state index in [1.54, 1.807) is 18.2 Å². The number of likely N-dealkylation sites (tertiary alicyclic amines) is 2. The third kappa shape index (κ3) is 5.25. The predicted octanol–water partition coefficient (Wildman–Crippen LogP) is 5.68. The molecular formula is C31H35N3O3. The van der Waals surface area contributed by atoms with E-state index < -0.39 is 5.97 Å². The molecule has 1 N–H and O–H groups in total. The van der Waals surface area contributed by atoms with Crippen LogP contribution in [0.1, 0.15) is 53.3 Å². The summed E-state index contributed by atoms with van der Waals surface area (Å²) in [4.78, 5) is 31.7. The van der Waals surface area contributed by atoms with Gasteiger partial charge in [0.05, 0.1) is 11.1 Å². The SMILES string of the molecule is CC1(N2CCC(N(c3ccccc3)c3ccccc3)CC2)CCN(C(=O)c2ccccc2C(=O)O)CC1. The molecule has 1 amide bonds. The molecule has 0 unspecified atom stereocenters. The number of aromatic carboxylic acids is 1. The summed E-state index contributed by atoms with van der Waals surface area (Å²) in [6.07, 6.45) is 3.93. The van der Waals surface area contributed by atoms with E-state index in [-0.39, 0.29) is 22.6 Å². The molecule has 0 aromatic heterocycles. The molecule has 192 valence electrons. The van der Waals surface area contributed by atoms with Crippen LogP contribution in [0.15, 0.2) is 84.9 Å². The van der Waals surface area contributed by atoms with Gasteiger partial charge in [0.2, 0.25) is 0 Å². The van der Waals surface area contributed by atoms with Crippen molar-refractivity contribution in [3.8, 4) is 0 Å². The monoisotopic (exact) mass is 497 g/mol. The van der Waals surface area contributed by atoms with Crippen LogP contribution < -0.4 is 4.90 Å². The Morgan fingerprint density at radius 1 is 0.757 bits per heavy atom. The maximum Gasteiger partial charge on any atom is 0.336 e. The largest absolute Gasteiger partial charge is 0.478 e. The third-order valence-electron chi connectivity index (χ3n) is 8.18. The third-order valence-corrected chi connectivity index (χ3v) is 8.18. The number of piperidine rings is 2. The fourth-order valence-electron chi connectivity index (χ4n) is 5.95. The standard InChI is InChI=1S/C31H35N3O3/c1-31(18-22-32(23-19-31)29(35)27-14-8-9-15-28(27)30(36)37)33-20-16-26(17-21-33)34(24-10-4-2-5-11-24)25-12-6-3-7-13-25/h2-15,26H,16-23H2,1H3,(H,36,37). The fourth-order valence-corrected chi connectivity index (χ4v) is 5.95. The van der Waals surface area contributed by atoms with Crippen LogP contribution >= 0.6 is 0 Å². The van der Waals surface area contributed by atoms with Crippen LogP contribution in [0.3, 0.4) is 0 Å². The first-order chi connectivity index (χ1) is 18.0. The van der Waals surface area contributed by atoms with Crippen LogP contribution in [-0.4, -0.2) is 64.5 Å². The number of anilines is 2. The Morgan fingerprint density at radius 3 is 1.76 bits per heavy atom. The summed E-state index contributed by atoms with van der Waals surface area (Å²) in [6.45, 7) is 5.65. The molecule has 0 bridgehead atoms. The Labute approximate surface area is 219 Å². The van der Waals surface area contributed by atoms with Gasteiger partial charge in [0.1, 0.15) is 0 Å². The molecule has 6 nitrogen and oxygen atoms in total. The smallest absolute Gasteiger partial charge is 0.336 e. The van der Waals surface area contributed by atoms with Crippen molar-refractivity contribution in [3.63, 3.8) is 0 Å². The summed E-state index contributed by atoms with van der Waals surface area (Å²) in [5, 5.41) is 9.49. The number of para-hydroxylation sites is 2. The van der Waals surface area contributed by atoms with Gasteiger partial charge in [0.15, 0.2) is 0 Å². The lowest BCUT2D eigenvalue weighted by atomic mass is 9.85. The molecule has 2 aliphatic rings. The van der Waals surface area contributed by atoms with Crippen LogP contribution in [0.4, 0.5) is 11.4 Å². The maximum absolute atomic E-state index is 13.1. The number of carbonyl (C=O) groups excluding carboxylic acids is 1. The Hall–Kier alpha value is -3.64. The quantitative estimate of drug-likeness (QED) is 0.475. The molecule has 2 saturated heterocycles. The number of carboxylic acid groups (broad SMARTS) is 1. The first-order valence-electron chi connectivity index (χ1n) is 13.2. The molecule has 2 fully saturated rings. The van der Waals surface area contributed by atoms with Gasteiger partial charge in [0.25, 0.3) is 5.91 Å². The predicted molar refractivity (Wildman–Crippen MR) is 147 cm³/mol. The molecule has 2 heterocycles. The summed E-state index contributed by atoms with van der Waals surface area (Å²) in [6, 6.07) is 28.2. The number of benzene rings is 3. The minimum Gasteiger partial charge on any atom is -0.478 e. The van der Waals surface area contributed by atoms with Gasteiger partial charge < -0.3 is 14.9 Å². The van der Waals surface area contributed by atoms with Gasteiger partial charge in [-0.3, -0.25) is 9.69 Å². The molecule has 0 saturated carbocycles. The molecule has 0 spiro atoms. The maximum atomic E-state index is 13.1. The second-order valence-electron chi connectivity index (χ2n) is 10.4. The lowest BCUT2D eigenvalue weighted by Crippen LogP contribution is -2.57. The van der Waals surface area contributed by atoms with E-state index in [2.05, 4.69) is 77.4 Å². The minimum absolute atomic E-state index is 0.0401. The van der Waals surface area contributed by atoms with Crippen LogP contribution in [0.2, 0.25) is 0 Å². The summed E-state index contributed by atoms with van der Waals surface area (Å²) in [5.74, 6) is -1.24. The minimum atomic E-state index is -1.06. The van der Waals surface area contributed by atoms with E-state index >= 15 is 0 Å². The fraction of sp³-hybridized carbons (Fsp3) is 0.355. The highest BCUT2D eigenvalue weighted by Crippen LogP contribution is 2.36. The van der Waals surface area contributed by atoms with E-state index in [1.165, 1.54) is 17.4 Å². The van der Waals surface area contributed by atoms with Gasteiger partial charge >= 0.3 is 5.97 Å². The average Bonchev–Trinajstić information content (AvgIpc) is 2.95.